The third-order valence-electron chi connectivity index (χ3n) is 1.96. The first kappa shape index (κ1) is 8.05. The molecule has 1 aromatic heterocycles. The summed E-state index contributed by atoms with van der Waals surface area (Å²) in [4.78, 5) is 4.03. The van der Waals surface area contributed by atoms with Gasteiger partial charge in [0, 0.05) is 12.4 Å². The molecule has 1 unspecified atom stereocenters. The maximum Gasteiger partial charge on any atom is 0.0503 e. The van der Waals surface area contributed by atoms with Crippen LogP contribution in [0, 0.1) is 0 Å². The van der Waals surface area contributed by atoms with E-state index in [0.717, 1.165) is 12.1 Å². The van der Waals surface area contributed by atoms with Gasteiger partial charge >= 0.3 is 0 Å². The van der Waals surface area contributed by atoms with Crippen molar-refractivity contribution in [2.75, 3.05) is 5.73 Å². The van der Waals surface area contributed by atoms with Crippen molar-refractivity contribution in [2.24, 2.45) is 0 Å². The Morgan fingerprint density at radius 2 is 2.27 bits per heavy atom. The van der Waals surface area contributed by atoms with Gasteiger partial charge in [0.05, 0.1) is 5.69 Å². The van der Waals surface area contributed by atoms with Crippen LogP contribution in [0.2, 0.25) is 0 Å². The van der Waals surface area contributed by atoms with Crippen molar-refractivity contribution in [3.8, 4) is 0 Å². The molecule has 0 aliphatic rings. The van der Waals surface area contributed by atoms with Gasteiger partial charge in [0.25, 0.3) is 0 Å². The lowest BCUT2D eigenvalue weighted by molar-refractivity contribution is 0.730. The number of hydrogen-bond acceptors (Lipinski definition) is 2. The SMILES string of the molecule is CCC(C)c1cncc(N)c1. The van der Waals surface area contributed by atoms with Crippen LogP contribution in [0.25, 0.3) is 0 Å². The normalized spacial score (nSPS) is 12.9. The van der Waals surface area contributed by atoms with Crippen LogP contribution in [-0.2, 0) is 0 Å². The van der Waals surface area contributed by atoms with Crippen molar-refractivity contribution in [3.63, 3.8) is 0 Å². The van der Waals surface area contributed by atoms with Crippen LogP contribution >= 0.6 is 0 Å². The summed E-state index contributed by atoms with van der Waals surface area (Å²) in [7, 11) is 0. The smallest absolute Gasteiger partial charge is 0.0503 e. The number of aromatic nitrogens is 1. The van der Waals surface area contributed by atoms with E-state index in [1.54, 1.807) is 6.20 Å². The highest BCUT2D eigenvalue weighted by atomic mass is 14.7. The predicted octanol–water partition coefficient (Wildman–Crippen LogP) is 2.18. The molecule has 0 saturated carbocycles. The fourth-order valence-electron chi connectivity index (χ4n) is 0.982. The molecule has 2 nitrogen and oxygen atoms in total. The Morgan fingerprint density at radius 3 is 2.82 bits per heavy atom. The van der Waals surface area contributed by atoms with Gasteiger partial charge in [-0.2, -0.15) is 0 Å². The molecule has 0 aliphatic heterocycles. The standard InChI is InChI=1S/C9H14N2/c1-3-7(2)8-4-9(10)6-11-5-8/h4-7H,3,10H2,1-2H3. The fraction of sp³-hybridized carbons (Fsp3) is 0.444. The average Bonchev–Trinajstić information content (AvgIpc) is 2.03. The zero-order valence-corrected chi connectivity index (χ0v) is 7.04. The second-order valence-electron chi connectivity index (χ2n) is 2.86. The van der Waals surface area contributed by atoms with Gasteiger partial charge in [-0.1, -0.05) is 13.8 Å². The summed E-state index contributed by atoms with van der Waals surface area (Å²) in [5, 5.41) is 0. The number of hydrogen-bond donors (Lipinski definition) is 1. The largest absolute Gasteiger partial charge is 0.397 e. The topological polar surface area (TPSA) is 38.9 Å². The number of nitrogens with two attached hydrogens (primary N) is 1. The molecule has 0 aromatic carbocycles. The van der Waals surface area contributed by atoms with E-state index >= 15 is 0 Å². The second kappa shape index (κ2) is 3.37. The molecule has 0 radical (unpaired) electrons. The molecule has 0 saturated heterocycles. The molecule has 0 aliphatic carbocycles. The average molecular weight is 150 g/mol. The molecule has 1 aromatic rings. The van der Waals surface area contributed by atoms with Crippen LogP contribution in [0.3, 0.4) is 0 Å². The number of anilines is 1. The third-order valence-corrected chi connectivity index (χ3v) is 1.96. The molecule has 1 heterocycles. The molecular weight excluding hydrogens is 136 g/mol. The Morgan fingerprint density at radius 1 is 1.55 bits per heavy atom. The van der Waals surface area contributed by atoms with Gasteiger partial charge in [0.1, 0.15) is 0 Å². The highest BCUT2D eigenvalue weighted by Crippen LogP contribution is 2.18. The van der Waals surface area contributed by atoms with Crippen LogP contribution < -0.4 is 5.73 Å². The summed E-state index contributed by atoms with van der Waals surface area (Å²) in [5.41, 5.74) is 7.57. The summed E-state index contributed by atoms with van der Waals surface area (Å²) in [6.45, 7) is 4.34. The Labute approximate surface area is 67.5 Å². The zero-order valence-electron chi connectivity index (χ0n) is 7.04. The number of nitrogens with zero attached hydrogens (tertiary/aromatic N) is 1. The first-order chi connectivity index (χ1) is 5.24. The van der Waals surface area contributed by atoms with Gasteiger partial charge in [-0.05, 0) is 24.0 Å². The van der Waals surface area contributed by atoms with Gasteiger partial charge in [0.2, 0.25) is 0 Å². The lowest BCUT2D eigenvalue weighted by atomic mass is 10.0. The van der Waals surface area contributed by atoms with Crippen molar-refractivity contribution in [2.45, 2.75) is 26.2 Å². The highest BCUT2D eigenvalue weighted by Gasteiger charge is 2.01. The maximum atomic E-state index is 5.59. The van der Waals surface area contributed by atoms with Gasteiger partial charge in [0.15, 0.2) is 0 Å². The van der Waals surface area contributed by atoms with Crippen molar-refractivity contribution < 1.29 is 0 Å². The molecule has 2 heteroatoms. The summed E-state index contributed by atoms with van der Waals surface area (Å²) in [6, 6.07) is 1.99. The van der Waals surface area contributed by atoms with Crippen molar-refractivity contribution in [1.82, 2.24) is 4.98 Å². The van der Waals surface area contributed by atoms with E-state index in [-0.39, 0.29) is 0 Å². The molecular formula is C9H14N2. The van der Waals surface area contributed by atoms with Crippen LogP contribution in [0.4, 0.5) is 5.69 Å². The van der Waals surface area contributed by atoms with Gasteiger partial charge < -0.3 is 5.73 Å². The van der Waals surface area contributed by atoms with Crippen molar-refractivity contribution in [1.29, 1.82) is 0 Å². The zero-order chi connectivity index (χ0) is 8.27. The van der Waals surface area contributed by atoms with Crippen LogP contribution in [0.1, 0.15) is 31.7 Å². The molecule has 1 atom stereocenters. The quantitative estimate of drug-likeness (QED) is 0.701. The Hall–Kier alpha value is -1.05. The molecule has 11 heavy (non-hydrogen) atoms. The molecule has 0 bridgehead atoms. The third kappa shape index (κ3) is 1.93. The number of rotatable bonds is 2. The molecule has 0 fully saturated rings. The minimum atomic E-state index is 0.561. The van der Waals surface area contributed by atoms with E-state index in [1.807, 2.05) is 12.3 Å². The van der Waals surface area contributed by atoms with E-state index in [0.29, 0.717) is 5.92 Å². The molecule has 0 spiro atoms. The van der Waals surface area contributed by atoms with Gasteiger partial charge in [-0.15, -0.1) is 0 Å². The minimum Gasteiger partial charge on any atom is -0.397 e. The first-order valence-corrected chi connectivity index (χ1v) is 3.94. The Bertz CT molecular complexity index is 233. The van der Waals surface area contributed by atoms with E-state index < -0.39 is 0 Å². The Kier molecular flexibility index (Phi) is 2.47. The number of nitrogen functional groups attached to an aromatic ring is 1. The lowest BCUT2D eigenvalue weighted by Crippen LogP contribution is -1.94. The maximum absolute atomic E-state index is 5.59. The van der Waals surface area contributed by atoms with Crippen LogP contribution in [0.5, 0.6) is 0 Å². The summed E-state index contributed by atoms with van der Waals surface area (Å²) < 4.78 is 0. The second-order valence-corrected chi connectivity index (χ2v) is 2.86. The first-order valence-electron chi connectivity index (χ1n) is 3.94. The predicted molar refractivity (Wildman–Crippen MR) is 47.4 cm³/mol. The lowest BCUT2D eigenvalue weighted by Gasteiger charge is -2.07. The van der Waals surface area contributed by atoms with E-state index in [2.05, 4.69) is 18.8 Å². The van der Waals surface area contributed by atoms with Crippen LogP contribution in [-0.4, -0.2) is 4.98 Å². The molecule has 1 rings (SSSR count). The fourth-order valence-corrected chi connectivity index (χ4v) is 0.982. The summed E-state index contributed by atoms with van der Waals surface area (Å²) >= 11 is 0. The monoisotopic (exact) mass is 150 g/mol. The molecule has 2 N–H and O–H groups in total. The summed E-state index contributed by atoms with van der Waals surface area (Å²) in [6.07, 6.45) is 4.68. The summed E-state index contributed by atoms with van der Waals surface area (Å²) in [5.74, 6) is 0.561. The van der Waals surface area contributed by atoms with E-state index in [9.17, 15) is 0 Å². The molecule has 60 valence electrons. The van der Waals surface area contributed by atoms with Gasteiger partial charge in [-0.3, -0.25) is 4.98 Å². The highest BCUT2D eigenvalue weighted by molar-refractivity contribution is 5.38. The van der Waals surface area contributed by atoms with Crippen LogP contribution in [0.15, 0.2) is 18.5 Å². The van der Waals surface area contributed by atoms with E-state index in [1.165, 1.54) is 5.56 Å². The van der Waals surface area contributed by atoms with Crippen molar-refractivity contribution >= 4 is 5.69 Å². The minimum absolute atomic E-state index is 0.561. The van der Waals surface area contributed by atoms with Crippen molar-refractivity contribution in [3.05, 3.63) is 24.0 Å². The number of pyridine rings is 1. The Balaban J connectivity index is 2.86. The van der Waals surface area contributed by atoms with Gasteiger partial charge in [-0.25, -0.2) is 0 Å². The molecule has 0 amide bonds. The van der Waals surface area contributed by atoms with E-state index in [4.69, 9.17) is 5.73 Å².